The molecule has 0 fully saturated rings. The molecule has 0 saturated carbocycles. The topological polar surface area (TPSA) is 19.4 Å². The molecule has 2 aliphatic rings. The van der Waals surface area contributed by atoms with Gasteiger partial charge in [-0.15, -0.1) is 6.58 Å². The molecule has 2 atom stereocenters. The van der Waals surface area contributed by atoms with Crippen molar-refractivity contribution in [2.45, 2.75) is 71.9 Å². The lowest BCUT2D eigenvalue weighted by molar-refractivity contribution is 0.131. The molecule has 0 saturated heterocycles. The third kappa shape index (κ3) is 2.99. The largest absolute Gasteiger partial charge is 0.316 e. The van der Waals surface area contributed by atoms with Gasteiger partial charge in [0.1, 0.15) is 6.17 Å². The maximum atomic E-state index is 4.96. The second kappa shape index (κ2) is 7.46. The SMILES string of the molecule is C=CCC1(C)c2ccc(C(C)(C)C)cc2N2c3ncccc3N(c3ccccc3C)C2C1(C)C. The Balaban J connectivity index is 1.86. The van der Waals surface area contributed by atoms with E-state index in [9.17, 15) is 0 Å². The quantitative estimate of drug-likeness (QED) is 0.374. The van der Waals surface area contributed by atoms with Crippen LogP contribution in [0.1, 0.15) is 64.7 Å². The van der Waals surface area contributed by atoms with Gasteiger partial charge in [0.15, 0.2) is 5.82 Å². The Morgan fingerprint density at radius 2 is 1.65 bits per heavy atom. The van der Waals surface area contributed by atoms with E-state index in [-0.39, 0.29) is 22.4 Å². The highest BCUT2D eigenvalue weighted by atomic mass is 15.5. The van der Waals surface area contributed by atoms with E-state index in [1.54, 1.807) is 0 Å². The van der Waals surface area contributed by atoms with Crippen LogP contribution in [0.15, 0.2) is 73.4 Å². The van der Waals surface area contributed by atoms with Gasteiger partial charge in [0.05, 0.1) is 5.69 Å². The lowest BCUT2D eigenvalue weighted by atomic mass is 9.56. The Hall–Kier alpha value is -3.07. The molecule has 3 heteroatoms. The summed E-state index contributed by atoms with van der Waals surface area (Å²) in [6, 6.07) is 20.1. The monoisotopic (exact) mass is 451 g/mol. The summed E-state index contributed by atoms with van der Waals surface area (Å²) in [5.74, 6) is 1.04. The maximum Gasteiger partial charge on any atom is 0.158 e. The summed E-state index contributed by atoms with van der Waals surface area (Å²) in [4.78, 5) is 10.0. The molecule has 5 rings (SSSR count). The van der Waals surface area contributed by atoms with Gasteiger partial charge in [-0.2, -0.15) is 0 Å². The van der Waals surface area contributed by atoms with Gasteiger partial charge < -0.3 is 9.80 Å². The zero-order valence-corrected chi connectivity index (χ0v) is 21.7. The van der Waals surface area contributed by atoms with E-state index in [0.29, 0.717) is 0 Å². The molecule has 3 heterocycles. The molecule has 3 nitrogen and oxygen atoms in total. The Morgan fingerprint density at radius 3 is 2.32 bits per heavy atom. The van der Waals surface area contributed by atoms with E-state index in [1.807, 2.05) is 6.20 Å². The minimum absolute atomic E-state index is 0.0642. The van der Waals surface area contributed by atoms with E-state index < -0.39 is 0 Å². The van der Waals surface area contributed by atoms with Crippen LogP contribution in [0.5, 0.6) is 0 Å². The van der Waals surface area contributed by atoms with Crippen LogP contribution < -0.4 is 9.80 Å². The number of anilines is 4. The average Bonchev–Trinajstić information content (AvgIpc) is 3.14. The number of hydrogen-bond acceptors (Lipinski definition) is 3. The summed E-state index contributed by atoms with van der Waals surface area (Å²) in [6.07, 6.45) is 5.02. The van der Waals surface area contributed by atoms with Gasteiger partial charge in [0, 0.05) is 28.4 Å². The standard InChI is InChI=1S/C31H37N3/c1-9-18-31(8)23-17-16-22(29(3,4)5)20-26(23)34-27-25(15-12-19-32-27)33(28(34)30(31,6)7)24-14-11-10-13-21(24)2/h9-17,19-20,28H,1,18H2,2-8H3. The number of pyridine rings is 1. The molecule has 0 bridgehead atoms. The molecule has 0 N–H and O–H groups in total. The molecule has 176 valence electrons. The van der Waals surface area contributed by atoms with E-state index in [0.717, 1.165) is 12.2 Å². The number of allylic oxidation sites excluding steroid dienone is 1. The molecule has 0 amide bonds. The average molecular weight is 452 g/mol. The summed E-state index contributed by atoms with van der Waals surface area (Å²) in [5, 5.41) is 0. The third-order valence-electron chi connectivity index (χ3n) is 8.46. The predicted octanol–water partition coefficient (Wildman–Crippen LogP) is 8.18. The molecule has 2 unspecified atom stereocenters. The molecule has 2 aliphatic heterocycles. The fourth-order valence-electron chi connectivity index (χ4n) is 6.07. The zero-order chi connectivity index (χ0) is 24.5. The fraction of sp³-hybridized carbons (Fsp3) is 0.387. The third-order valence-corrected chi connectivity index (χ3v) is 8.46. The van der Waals surface area contributed by atoms with Crippen LogP contribution in [-0.2, 0) is 10.8 Å². The summed E-state index contributed by atoms with van der Waals surface area (Å²) in [5.41, 5.74) is 7.55. The van der Waals surface area contributed by atoms with E-state index in [1.165, 1.54) is 33.8 Å². The van der Waals surface area contributed by atoms with Crippen LogP contribution in [0.2, 0.25) is 0 Å². The first kappa shape index (κ1) is 22.7. The van der Waals surface area contributed by atoms with Crippen LogP contribution in [0.3, 0.4) is 0 Å². The molecule has 34 heavy (non-hydrogen) atoms. The summed E-state index contributed by atoms with van der Waals surface area (Å²) >= 11 is 0. The first-order valence-corrected chi connectivity index (χ1v) is 12.4. The number of fused-ring (bicyclic) bond motifs is 5. The van der Waals surface area contributed by atoms with Crippen molar-refractivity contribution in [2.75, 3.05) is 9.80 Å². The highest BCUT2D eigenvalue weighted by Crippen LogP contribution is 2.63. The highest BCUT2D eigenvalue weighted by molar-refractivity contribution is 5.89. The second-order valence-electron chi connectivity index (χ2n) is 11.8. The van der Waals surface area contributed by atoms with Crippen molar-refractivity contribution >= 4 is 22.9 Å². The van der Waals surface area contributed by atoms with Crippen molar-refractivity contribution in [3.8, 4) is 0 Å². The van der Waals surface area contributed by atoms with Crippen LogP contribution in [0.25, 0.3) is 0 Å². The van der Waals surface area contributed by atoms with Crippen molar-refractivity contribution in [3.05, 3.63) is 90.1 Å². The van der Waals surface area contributed by atoms with Crippen LogP contribution in [-0.4, -0.2) is 11.1 Å². The van der Waals surface area contributed by atoms with Gasteiger partial charge in [0.25, 0.3) is 0 Å². The molecule has 1 aromatic heterocycles. The molecular formula is C31H37N3. The smallest absolute Gasteiger partial charge is 0.158 e. The van der Waals surface area contributed by atoms with Crippen molar-refractivity contribution in [3.63, 3.8) is 0 Å². The normalized spacial score (nSPS) is 22.7. The van der Waals surface area contributed by atoms with Crippen molar-refractivity contribution in [1.29, 1.82) is 0 Å². The van der Waals surface area contributed by atoms with E-state index in [4.69, 9.17) is 4.98 Å². The van der Waals surface area contributed by atoms with Crippen LogP contribution in [0.4, 0.5) is 22.9 Å². The maximum absolute atomic E-state index is 4.96. The molecule has 0 aliphatic carbocycles. The Kier molecular flexibility index (Phi) is 4.99. The van der Waals surface area contributed by atoms with Crippen LogP contribution >= 0.6 is 0 Å². The van der Waals surface area contributed by atoms with Gasteiger partial charge in [-0.25, -0.2) is 4.98 Å². The molecular weight excluding hydrogens is 414 g/mol. The molecule has 3 aromatic rings. The number of benzene rings is 2. The molecule has 0 radical (unpaired) electrons. The molecule has 2 aromatic carbocycles. The first-order valence-electron chi connectivity index (χ1n) is 12.4. The zero-order valence-electron chi connectivity index (χ0n) is 21.7. The van der Waals surface area contributed by atoms with Gasteiger partial charge in [-0.3, -0.25) is 0 Å². The summed E-state index contributed by atoms with van der Waals surface area (Å²) < 4.78 is 0. The number of aryl methyl sites for hydroxylation is 1. The highest BCUT2D eigenvalue weighted by Gasteiger charge is 2.59. The van der Waals surface area contributed by atoms with Crippen molar-refractivity contribution < 1.29 is 0 Å². The number of rotatable bonds is 3. The Morgan fingerprint density at radius 1 is 0.941 bits per heavy atom. The Labute approximate surface area is 205 Å². The van der Waals surface area contributed by atoms with Crippen molar-refractivity contribution in [2.24, 2.45) is 5.41 Å². The fourth-order valence-corrected chi connectivity index (χ4v) is 6.07. The van der Waals surface area contributed by atoms with Crippen LogP contribution in [0, 0.1) is 12.3 Å². The van der Waals surface area contributed by atoms with E-state index >= 15 is 0 Å². The van der Waals surface area contributed by atoms with Gasteiger partial charge in [-0.05, 0) is 59.7 Å². The first-order chi connectivity index (χ1) is 16.0. The van der Waals surface area contributed by atoms with Gasteiger partial charge in [0.2, 0.25) is 0 Å². The lowest BCUT2D eigenvalue weighted by Crippen LogP contribution is -2.61. The minimum Gasteiger partial charge on any atom is -0.316 e. The summed E-state index contributed by atoms with van der Waals surface area (Å²) in [7, 11) is 0. The van der Waals surface area contributed by atoms with Gasteiger partial charge in [-0.1, -0.05) is 78.0 Å². The molecule has 0 spiro atoms. The van der Waals surface area contributed by atoms with E-state index in [2.05, 4.69) is 126 Å². The number of aromatic nitrogens is 1. The Bertz CT molecular complexity index is 1270. The van der Waals surface area contributed by atoms with Gasteiger partial charge >= 0.3 is 0 Å². The number of hydrogen-bond donors (Lipinski definition) is 0. The minimum atomic E-state index is -0.111. The number of para-hydroxylation sites is 1. The summed E-state index contributed by atoms with van der Waals surface area (Å²) in [6.45, 7) is 20.5. The van der Waals surface area contributed by atoms with Crippen molar-refractivity contribution in [1.82, 2.24) is 4.98 Å². The number of nitrogens with zero attached hydrogens (tertiary/aromatic N) is 3. The second-order valence-corrected chi connectivity index (χ2v) is 11.8. The predicted molar refractivity (Wildman–Crippen MR) is 145 cm³/mol. The lowest BCUT2D eigenvalue weighted by Gasteiger charge is -2.57.